The van der Waals surface area contributed by atoms with Crippen molar-refractivity contribution in [2.75, 3.05) is 16.9 Å². The minimum Gasteiger partial charge on any atom is -0.504 e. The van der Waals surface area contributed by atoms with Crippen LogP contribution in [0.2, 0.25) is 10.0 Å². The number of imide groups is 2. The van der Waals surface area contributed by atoms with E-state index in [4.69, 9.17) is 27.9 Å². The van der Waals surface area contributed by atoms with Crippen molar-refractivity contribution in [3.05, 3.63) is 93.7 Å². The number of carbonyl (C=O) groups excluding carboxylic acids is 4. The van der Waals surface area contributed by atoms with Crippen LogP contribution in [0.15, 0.2) is 72.3 Å². The number of para-hydroxylation sites is 1. The number of allylic oxidation sites excluding steroid dienone is 2. The Kier molecular flexibility index (Phi) is 6.83. The highest BCUT2D eigenvalue weighted by Gasteiger charge is 2.68. The molecule has 4 aliphatic rings. The van der Waals surface area contributed by atoms with Crippen LogP contribution in [-0.2, 0) is 19.2 Å². The number of nitrogens with zero attached hydrogens (tertiary/aromatic N) is 2. The third-order valence-corrected chi connectivity index (χ3v) is 10.6. The van der Waals surface area contributed by atoms with Crippen LogP contribution in [-0.4, -0.2) is 35.8 Å². The third-order valence-electron chi connectivity index (χ3n) is 10.1. The first-order valence-electron chi connectivity index (χ1n) is 14.5. The van der Waals surface area contributed by atoms with E-state index in [2.05, 4.69) is 0 Å². The molecule has 7 rings (SSSR count). The first-order valence-corrected chi connectivity index (χ1v) is 15.3. The van der Waals surface area contributed by atoms with E-state index in [1.165, 1.54) is 24.1 Å². The molecule has 4 amide bonds. The lowest BCUT2D eigenvalue weighted by molar-refractivity contribution is -0.131. The molecule has 45 heavy (non-hydrogen) atoms. The number of benzene rings is 3. The molecule has 1 N–H and O–H groups in total. The van der Waals surface area contributed by atoms with E-state index in [0.29, 0.717) is 21.8 Å². The van der Waals surface area contributed by atoms with Gasteiger partial charge in [0.2, 0.25) is 23.6 Å². The molecule has 6 unspecified atom stereocenters. The van der Waals surface area contributed by atoms with Gasteiger partial charge in [-0.15, -0.1) is 0 Å². The molecule has 0 spiro atoms. The van der Waals surface area contributed by atoms with Crippen LogP contribution in [0.3, 0.4) is 0 Å². The summed E-state index contributed by atoms with van der Waals surface area (Å²) in [5, 5.41) is 11.6. The van der Waals surface area contributed by atoms with E-state index in [1.54, 1.807) is 49.4 Å². The number of carbonyl (C=O) groups is 4. The minimum atomic E-state index is -1.40. The molecule has 3 fully saturated rings. The van der Waals surface area contributed by atoms with E-state index in [-0.39, 0.29) is 46.9 Å². The highest BCUT2D eigenvalue weighted by atomic mass is 35.5. The lowest BCUT2D eigenvalue weighted by Crippen LogP contribution is -2.48. The number of fused-ring (bicyclic) bond motifs is 4. The number of aromatic hydroxyl groups is 1. The van der Waals surface area contributed by atoms with Crippen LogP contribution in [0.5, 0.6) is 11.5 Å². The molecule has 1 saturated carbocycles. The third kappa shape index (κ3) is 4.10. The van der Waals surface area contributed by atoms with Gasteiger partial charge in [0.1, 0.15) is 5.82 Å². The van der Waals surface area contributed by atoms with Crippen molar-refractivity contribution >= 4 is 58.2 Å². The topological polar surface area (TPSA) is 104 Å². The molecular formula is C34H27Cl2FN2O6. The summed E-state index contributed by atoms with van der Waals surface area (Å²) >= 11 is 12.1. The van der Waals surface area contributed by atoms with Gasteiger partial charge in [-0.1, -0.05) is 47.0 Å². The van der Waals surface area contributed by atoms with Crippen LogP contribution in [0.1, 0.15) is 31.2 Å². The van der Waals surface area contributed by atoms with E-state index in [9.17, 15) is 28.7 Å². The SMILES string of the molecule is COc1cccc(C2C3=CCC4C(=O)N(c5ccc(Cl)cc5)C(=O)C4C3CC3C(=O)N(c4ccc(F)c(Cl)c4)C(=O)C32C)c1O. The summed E-state index contributed by atoms with van der Waals surface area (Å²) in [6, 6.07) is 15.0. The largest absolute Gasteiger partial charge is 0.504 e. The Labute approximate surface area is 268 Å². The van der Waals surface area contributed by atoms with Crippen LogP contribution in [0, 0.1) is 34.9 Å². The molecule has 230 valence electrons. The maximum absolute atomic E-state index is 14.5. The van der Waals surface area contributed by atoms with Crippen molar-refractivity contribution in [1.29, 1.82) is 0 Å². The quantitative estimate of drug-likeness (QED) is 0.264. The number of methoxy groups -OCH3 is 1. The average molecular weight is 650 g/mol. The Morgan fingerprint density at radius 3 is 2.31 bits per heavy atom. The number of hydrogen-bond acceptors (Lipinski definition) is 6. The summed E-state index contributed by atoms with van der Waals surface area (Å²) < 4.78 is 19.5. The van der Waals surface area contributed by atoms with Gasteiger partial charge in [-0.25, -0.2) is 9.29 Å². The molecule has 2 saturated heterocycles. The Balaban J connectivity index is 1.39. The van der Waals surface area contributed by atoms with Crippen molar-refractivity contribution in [3.63, 3.8) is 0 Å². The van der Waals surface area contributed by atoms with Gasteiger partial charge in [-0.3, -0.25) is 24.1 Å². The Morgan fingerprint density at radius 2 is 1.62 bits per heavy atom. The van der Waals surface area contributed by atoms with Gasteiger partial charge < -0.3 is 9.84 Å². The van der Waals surface area contributed by atoms with Gasteiger partial charge in [-0.05, 0) is 74.2 Å². The van der Waals surface area contributed by atoms with Crippen molar-refractivity contribution in [2.24, 2.45) is 29.1 Å². The predicted molar refractivity (Wildman–Crippen MR) is 165 cm³/mol. The van der Waals surface area contributed by atoms with Gasteiger partial charge in [0.05, 0.1) is 46.7 Å². The highest BCUT2D eigenvalue weighted by molar-refractivity contribution is 6.32. The molecule has 0 radical (unpaired) electrons. The van der Waals surface area contributed by atoms with Crippen molar-refractivity contribution in [2.45, 2.75) is 25.7 Å². The fourth-order valence-corrected chi connectivity index (χ4v) is 8.31. The van der Waals surface area contributed by atoms with Crippen LogP contribution in [0.4, 0.5) is 15.8 Å². The van der Waals surface area contributed by atoms with Gasteiger partial charge in [0.15, 0.2) is 11.5 Å². The van der Waals surface area contributed by atoms with Gasteiger partial charge >= 0.3 is 0 Å². The predicted octanol–water partition coefficient (Wildman–Crippen LogP) is 6.28. The number of anilines is 2. The fourth-order valence-electron chi connectivity index (χ4n) is 8.01. The minimum absolute atomic E-state index is 0.119. The molecule has 0 bridgehead atoms. The molecule has 2 aliphatic carbocycles. The van der Waals surface area contributed by atoms with Crippen molar-refractivity contribution in [1.82, 2.24) is 0 Å². The standard InChI is InChI=1S/C34H27Cl2FN2O6/c1-34-23(31(42)39(33(34)44)18-10-13-25(37)24(36)14-18)15-22-19(28(34)21-4-3-5-26(45-2)29(21)40)11-12-20-27(22)32(43)38(30(20)41)17-8-6-16(35)7-9-17/h3-11,13-14,20,22-23,27-28,40H,12,15H2,1-2H3. The molecule has 2 heterocycles. The first kappa shape index (κ1) is 29.5. The van der Waals surface area contributed by atoms with Crippen LogP contribution >= 0.6 is 23.2 Å². The highest BCUT2D eigenvalue weighted by Crippen LogP contribution is 2.65. The number of halogens is 3. The van der Waals surface area contributed by atoms with E-state index < -0.39 is 52.6 Å². The second kappa shape index (κ2) is 10.4. The molecule has 0 aromatic heterocycles. The lowest BCUT2D eigenvalue weighted by Gasteiger charge is -2.49. The monoisotopic (exact) mass is 648 g/mol. The fraction of sp³-hybridized carbons (Fsp3) is 0.294. The average Bonchev–Trinajstić information content (AvgIpc) is 3.39. The molecule has 3 aromatic rings. The Morgan fingerprint density at radius 1 is 0.911 bits per heavy atom. The van der Waals surface area contributed by atoms with E-state index in [1.807, 2.05) is 6.08 Å². The van der Waals surface area contributed by atoms with Crippen molar-refractivity contribution in [3.8, 4) is 11.5 Å². The summed E-state index contributed by atoms with van der Waals surface area (Å²) in [5.74, 6) is -6.30. The Bertz CT molecular complexity index is 1840. The van der Waals surface area contributed by atoms with Crippen LogP contribution < -0.4 is 14.5 Å². The molecular weight excluding hydrogens is 622 g/mol. The number of phenolic OH excluding ortho intramolecular Hbond substituents is 1. The molecule has 2 aliphatic heterocycles. The number of amides is 4. The van der Waals surface area contributed by atoms with Gasteiger partial charge in [0.25, 0.3) is 0 Å². The van der Waals surface area contributed by atoms with Gasteiger partial charge in [0, 0.05) is 16.5 Å². The Hall–Kier alpha value is -4.21. The smallest absolute Gasteiger partial charge is 0.241 e. The summed E-state index contributed by atoms with van der Waals surface area (Å²) in [6.07, 6.45) is 2.25. The zero-order valence-corrected chi connectivity index (χ0v) is 25.7. The van der Waals surface area contributed by atoms with E-state index >= 15 is 0 Å². The molecule has 11 heteroatoms. The van der Waals surface area contributed by atoms with Crippen molar-refractivity contribution < 1.29 is 33.4 Å². The molecule has 8 nitrogen and oxygen atoms in total. The second-order valence-electron chi connectivity index (χ2n) is 12.1. The number of rotatable bonds is 4. The number of ether oxygens (including phenoxy) is 1. The maximum Gasteiger partial charge on any atom is 0.241 e. The lowest BCUT2D eigenvalue weighted by atomic mass is 9.51. The normalized spacial score (nSPS) is 29.0. The number of hydrogen-bond donors (Lipinski definition) is 1. The zero-order chi connectivity index (χ0) is 31.9. The zero-order valence-electron chi connectivity index (χ0n) is 24.2. The van der Waals surface area contributed by atoms with E-state index in [0.717, 1.165) is 11.0 Å². The number of phenols is 1. The molecule has 3 aromatic carbocycles. The summed E-state index contributed by atoms with van der Waals surface area (Å²) in [6.45, 7) is 1.69. The van der Waals surface area contributed by atoms with Crippen LogP contribution in [0.25, 0.3) is 0 Å². The summed E-state index contributed by atoms with van der Waals surface area (Å²) in [7, 11) is 1.41. The van der Waals surface area contributed by atoms with Gasteiger partial charge in [-0.2, -0.15) is 0 Å². The molecule has 6 atom stereocenters. The first-order chi connectivity index (χ1) is 21.5. The maximum atomic E-state index is 14.5. The summed E-state index contributed by atoms with van der Waals surface area (Å²) in [5.41, 5.74) is 0.190. The second-order valence-corrected chi connectivity index (χ2v) is 13.0. The summed E-state index contributed by atoms with van der Waals surface area (Å²) in [4.78, 5) is 58.8.